The predicted molar refractivity (Wildman–Crippen MR) is 168 cm³/mol. The molecule has 0 saturated carbocycles. The number of rotatable bonds is 8. The highest BCUT2D eigenvalue weighted by molar-refractivity contribution is 14.1. The summed E-state index contributed by atoms with van der Waals surface area (Å²) in [7, 11) is 1.59. The fourth-order valence-corrected chi connectivity index (χ4v) is 6.55. The van der Waals surface area contributed by atoms with Crippen molar-refractivity contribution in [1.82, 2.24) is 4.57 Å². The third kappa shape index (κ3) is 6.12. The number of thiazole rings is 1. The van der Waals surface area contributed by atoms with Crippen molar-refractivity contribution in [2.24, 2.45) is 4.99 Å². The first-order valence-electron chi connectivity index (χ1n) is 12.8. The quantitative estimate of drug-likeness (QED) is 0.176. The molecule has 0 bridgehead atoms. The number of halogens is 2. The van der Waals surface area contributed by atoms with Crippen molar-refractivity contribution < 1.29 is 19.0 Å². The van der Waals surface area contributed by atoms with E-state index in [9.17, 15) is 9.59 Å². The highest BCUT2D eigenvalue weighted by Gasteiger charge is 2.33. The predicted octanol–water partition coefficient (Wildman–Crippen LogP) is 5.64. The van der Waals surface area contributed by atoms with E-state index in [-0.39, 0.29) is 12.2 Å². The van der Waals surface area contributed by atoms with E-state index in [1.165, 1.54) is 11.3 Å². The average Bonchev–Trinajstić information content (AvgIpc) is 3.26. The van der Waals surface area contributed by atoms with Gasteiger partial charge in [-0.1, -0.05) is 65.4 Å². The molecule has 0 saturated heterocycles. The van der Waals surface area contributed by atoms with Crippen LogP contribution >= 0.6 is 45.5 Å². The minimum Gasteiger partial charge on any atom is -0.493 e. The standard InChI is InChI=1S/C31H26ClIN2O5S/c1-4-39-30(37)26-18(2)34-31-35(27(26)21-10-12-22(32)13-11-21)29(36)25(41-31)16-20-14-23(33)28(24(15-20)38-3)40-17-19-8-6-5-7-9-19/h5-16,27H,4,17H2,1-3H3/t27-/m1/s1. The molecule has 1 aliphatic heterocycles. The zero-order valence-corrected chi connectivity index (χ0v) is 26.2. The normalized spacial score (nSPS) is 14.9. The van der Waals surface area contributed by atoms with E-state index in [1.54, 1.807) is 43.7 Å². The van der Waals surface area contributed by atoms with Crippen molar-refractivity contribution in [1.29, 1.82) is 0 Å². The number of ether oxygens (including phenoxy) is 3. The highest BCUT2D eigenvalue weighted by atomic mass is 127. The van der Waals surface area contributed by atoms with Crippen LogP contribution < -0.4 is 24.4 Å². The lowest BCUT2D eigenvalue weighted by Gasteiger charge is -2.24. The minimum atomic E-state index is -0.701. The zero-order valence-electron chi connectivity index (χ0n) is 22.5. The van der Waals surface area contributed by atoms with Gasteiger partial charge in [0, 0.05) is 5.02 Å². The number of benzene rings is 3. The molecule has 0 aliphatic carbocycles. The van der Waals surface area contributed by atoms with Crippen LogP contribution in [0.3, 0.4) is 0 Å². The molecule has 2 heterocycles. The maximum Gasteiger partial charge on any atom is 0.338 e. The maximum absolute atomic E-state index is 13.9. The Morgan fingerprint density at radius 2 is 1.88 bits per heavy atom. The van der Waals surface area contributed by atoms with Gasteiger partial charge in [0.2, 0.25) is 0 Å². The molecule has 7 nitrogen and oxygen atoms in total. The van der Waals surface area contributed by atoms with Crippen LogP contribution in [0.1, 0.15) is 36.6 Å². The number of carbonyl (C=O) groups is 1. The summed E-state index contributed by atoms with van der Waals surface area (Å²) < 4.78 is 20.0. The van der Waals surface area contributed by atoms with Gasteiger partial charge < -0.3 is 14.2 Å². The summed E-state index contributed by atoms with van der Waals surface area (Å²) >= 11 is 9.61. The van der Waals surface area contributed by atoms with Crippen LogP contribution in [0, 0.1) is 3.57 Å². The second-order valence-corrected chi connectivity index (χ2v) is 11.8. The SMILES string of the molecule is CCOC(=O)C1=C(C)N=c2sc(=Cc3cc(I)c(OCc4ccccc4)c(OC)c3)c(=O)n2[C@@H]1c1ccc(Cl)cc1. The molecule has 210 valence electrons. The van der Waals surface area contributed by atoms with Crippen molar-refractivity contribution in [3.63, 3.8) is 0 Å². The lowest BCUT2D eigenvalue weighted by atomic mass is 9.96. The summed E-state index contributed by atoms with van der Waals surface area (Å²) in [5.41, 5.74) is 3.12. The Labute approximate surface area is 259 Å². The summed E-state index contributed by atoms with van der Waals surface area (Å²) in [6.07, 6.45) is 1.80. The Morgan fingerprint density at radius 1 is 1.15 bits per heavy atom. The third-order valence-electron chi connectivity index (χ3n) is 6.48. The van der Waals surface area contributed by atoms with Crippen LogP contribution in [-0.4, -0.2) is 24.3 Å². The number of allylic oxidation sites excluding steroid dienone is 1. The molecule has 1 aliphatic rings. The molecule has 0 fully saturated rings. The van der Waals surface area contributed by atoms with E-state index >= 15 is 0 Å². The number of hydrogen-bond donors (Lipinski definition) is 0. The van der Waals surface area contributed by atoms with Crippen molar-refractivity contribution >= 4 is 57.6 Å². The van der Waals surface area contributed by atoms with Gasteiger partial charge in [0.15, 0.2) is 16.3 Å². The molecule has 41 heavy (non-hydrogen) atoms. The van der Waals surface area contributed by atoms with Gasteiger partial charge in [-0.2, -0.15) is 0 Å². The fraction of sp³-hybridized carbons (Fsp3) is 0.194. The van der Waals surface area contributed by atoms with Gasteiger partial charge in [-0.15, -0.1) is 0 Å². The summed E-state index contributed by atoms with van der Waals surface area (Å²) in [6.45, 7) is 4.11. The second kappa shape index (κ2) is 12.6. The molecule has 3 aromatic carbocycles. The van der Waals surface area contributed by atoms with Gasteiger partial charge in [0.05, 0.1) is 39.1 Å². The van der Waals surface area contributed by atoms with Crippen molar-refractivity contribution in [3.8, 4) is 11.5 Å². The van der Waals surface area contributed by atoms with Gasteiger partial charge in [0.25, 0.3) is 5.56 Å². The van der Waals surface area contributed by atoms with E-state index in [1.807, 2.05) is 54.6 Å². The zero-order chi connectivity index (χ0) is 29.1. The van der Waals surface area contributed by atoms with E-state index in [0.717, 1.165) is 20.3 Å². The Hall–Kier alpha value is -3.41. The minimum absolute atomic E-state index is 0.207. The van der Waals surface area contributed by atoms with Crippen LogP contribution in [0.5, 0.6) is 11.5 Å². The lowest BCUT2D eigenvalue weighted by molar-refractivity contribution is -0.139. The van der Waals surface area contributed by atoms with E-state index in [2.05, 4.69) is 27.6 Å². The molecule has 0 amide bonds. The molecule has 0 radical (unpaired) electrons. The first-order valence-corrected chi connectivity index (χ1v) is 15.1. The smallest absolute Gasteiger partial charge is 0.338 e. The maximum atomic E-state index is 13.9. The number of esters is 1. The number of methoxy groups -OCH3 is 1. The lowest BCUT2D eigenvalue weighted by Crippen LogP contribution is -2.39. The largest absolute Gasteiger partial charge is 0.493 e. The molecule has 10 heteroatoms. The number of nitrogens with zero attached hydrogens (tertiary/aromatic N) is 2. The molecule has 0 N–H and O–H groups in total. The van der Waals surface area contributed by atoms with Crippen molar-refractivity contribution in [3.05, 3.63) is 123 Å². The van der Waals surface area contributed by atoms with Gasteiger partial charge >= 0.3 is 5.97 Å². The number of carbonyl (C=O) groups excluding carboxylic acids is 1. The van der Waals surface area contributed by atoms with Crippen molar-refractivity contribution in [2.75, 3.05) is 13.7 Å². The van der Waals surface area contributed by atoms with Crippen LogP contribution in [0.4, 0.5) is 0 Å². The van der Waals surface area contributed by atoms with Gasteiger partial charge in [0.1, 0.15) is 6.61 Å². The molecule has 0 unspecified atom stereocenters. The monoisotopic (exact) mass is 700 g/mol. The number of hydrogen-bond acceptors (Lipinski definition) is 7. The average molecular weight is 701 g/mol. The number of aromatic nitrogens is 1. The van der Waals surface area contributed by atoms with Crippen LogP contribution in [0.15, 0.2) is 87.8 Å². The van der Waals surface area contributed by atoms with Gasteiger partial charge in [-0.25, -0.2) is 9.79 Å². The van der Waals surface area contributed by atoms with E-state index in [4.69, 9.17) is 25.8 Å². The summed E-state index contributed by atoms with van der Waals surface area (Å²) in [5.74, 6) is 0.688. The summed E-state index contributed by atoms with van der Waals surface area (Å²) in [6, 6.07) is 20.1. The molecular weight excluding hydrogens is 675 g/mol. The Morgan fingerprint density at radius 3 is 2.56 bits per heavy atom. The molecule has 1 aromatic heterocycles. The van der Waals surface area contributed by atoms with E-state index in [0.29, 0.717) is 43.7 Å². The Bertz CT molecular complexity index is 1810. The molecule has 4 aromatic rings. The first kappa shape index (κ1) is 29.1. The van der Waals surface area contributed by atoms with E-state index < -0.39 is 12.0 Å². The molecule has 1 atom stereocenters. The molecular formula is C31H26ClIN2O5S. The van der Waals surface area contributed by atoms with Gasteiger partial charge in [-0.3, -0.25) is 9.36 Å². The summed E-state index contributed by atoms with van der Waals surface area (Å²) in [5, 5.41) is 0.555. The Kier molecular flexibility index (Phi) is 8.96. The number of fused-ring (bicyclic) bond motifs is 1. The highest BCUT2D eigenvalue weighted by Crippen LogP contribution is 2.35. The van der Waals surface area contributed by atoms with Crippen molar-refractivity contribution in [2.45, 2.75) is 26.5 Å². The topological polar surface area (TPSA) is 79.1 Å². The molecule has 5 rings (SSSR count). The van der Waals surface area contributed by atoms with Crippen LogP contribution in [0.2, 0.25) is 5.02 Å². The van der Waals surface area contributed by atoms with Gasteiger partial charge in [-0.05, 0) is 83.5 Å². The first-order chi connectivity index (χ1) is 19.8. The summed E-state index contributed by atoms with van der Waals surface area (Å²) in [4.78, 5) is 32.1. The third-order valence-corrected chi connectivity index (χ3v) is 8.51. The van der Waals surface area contributed by atoms with Crippen LogP contribution in [0.25, 0.3) is 6.08 Å². The second-order valence-electron chi connectivity index (χ2n) is 9.16. The van der Waals surface area contributed by atoms with Crippen LogP contribution in [-0.2, 0) is 16.1 Å². The fourth-order valence-electron chi connectivity index (χ4n) is 4.60. The Balaban J connectivity index is 1.58. The molecule has 0 spiro atoms.